The lowest BCUT2D eigenvalue weighted by Gasteiger charge is -2.33. The molecule has 2 aliphatic heterocycles. The molecule has 162 valence electrons. The normalized spacial score (nSPS) is 18.1. The molecule has 2 aromatic carbocycles. The van der Waals surface area contributed by atoms with Gasteiger partial charge in [0.05, 0.1) is 11.5 Å². The number of nitrogens with zero attached hydrogens (tertiary/aromatic N) is 3. The first-order chi connectivity index (χ1) is 14.8. The second-order valence-electron chi connectivity index (χ2n) is 8.67. The maximum Gasteiger partial charge on any atom is 0.234 e. The molecule has 2 aliphatic rings. The van der Waals surface area contributed by atoms with Crippen LogP contribution in [-0.2, 0) is 4.79 Å². The maximum absolute atomic E-state index is 12.6. The Balaban J connectivity index is 1.50. The zero-order valence-corrected chi connectivity index (χ0v) is 19.6. The number of aliphatic imine (C=N–C) groups is 2. The molecule has 0 radical (unpaired) electrons. The predicted molar refractivity (Wildman–Crippen MR) is 132 cm³/mol. The number of anilines is 1. The first kappa shape index (κ1) is 21.8. The molecule has 0 unspecified atom stereocenters. The number of likely N-dealkylation sites (tertiary alicyclic amines) is 1. The summed E-state index contributed by atoms with van der Waals surface area (Å²) in [5.74, 6) is 0.288. The lowest BCUT2D eigenvalue weighted by molar-refractivity contribution is -0.113. The molecule has 1 saturated heterocycles. The molecule has 2 aromatic rings. The zero-order valence-electron chi connectivity index (χ0n) is 18.7. The number of carbonyl (C=O) groups excluding carboxylic acids is 1. The van der Waals surface area contributed by atoms with Crippen LogP contribution in [0.5, 0.6) is 0 Å². The quantitative estimate of drug-likeness (QED) is 0.765. The molecular weight excluding hydrogens is 404 g/mol. The molecule has 0 bridgehead atoms. The Morgan fingerprint density at radius 1 is 1.03 bits per heavy atom. The molecule has 4 rings (SSSR count). The number of rotatable bonds is 4. The van der Waals surface area contributed by atoms with E-state index in [1.165, 1.54) is 28.5 Å². The molecule has 1 N–H and O–H groups in total. The van der Waals surface area contributed by atoms with Crippen molar-refractivity contribution in [2.45, 2.75) is 39.3 Å². The van der Waals surface area contributed by atoms with E-state index < -0.39 is 0 Å². The fourth-order valence-electron chi connectivity index (χ4n) is 3.87. The van der Waals surface area contributed by atoms with Gasteiger partial charge in [-0.15, -0.1) is 0 Å². The van der Waals surface area contributed by atoms with Crippen LogP contribution in [0.1, 0.15) is 35.1 Å². The van der Waals surface area contributed by atoms with E-state index in [-0.39, 0.29) is 11.6 Å². The number of hydrogen-bond acceptors (Lipinski definition) is 5. The second kappa shape index (κ2) is 8.97. The molecular formula is C25H30N4OS. The van der Waals surface area contributed by atoms with Gasteiger partial charge >= 0.3 is 0 Å². The molecule has 0 saturated carbocycles. The number of piperidine rings is 1. The van der Waals surface area contributed by atoms with E-state index in [4.69, 9.17) is 9.98 Å². The Labute approximate surface area is 189 Å². The first-order valence-electron chi connectivity index (χ1n) is 10.8. The smallest absolute Gasteiger partial charge is 0.234 e. The summed E-state index contributed by atoms with van der Waals surface area (Å²) in [5.41, 5.74) is 6.06. The topological polar surface area (TPSA) is 57.1 Å². The highest BCUT2D eigenvalue weighted by Gasteiger charge is 2.39. The first-order valence-corrected chi connectivity index (χ1v) is 11.8. The summed E-state index contributed by atoms with van der Waals surface area (Å²) in [5, 5.41) is 3.89. The molecule has 31 heavy (non-hydrogen) atoms. The molecule has 0 aliphatic carbocycles. The minimum atomic E-state index is -0.375. The van der Waals surface area contributed by atoms with E-state index in [1.807, 2.05) is 18.2 Å². The van der Waals surface area contributed by atoms with Gasteiger partial charge in [-0.3, -0.25) is 9.79 Å². The Kier molecular flexibility index (Phi) is 6.30. The molecule has 6 heteroatoms. The zero-order chi connectivity index (χ0) is 22.0. The van der Waals surface area contributed by atoms with Gasteiger partial charge in [-0.2, -0.15) is 0 Å². The van der Waals surface area contributed by atoms with Crippen LogP contribution < -0.4 is 5.32 Å². The third kappa shape index (κ3) is 5.08. The summed E-state index contributed by atoms with van der Waals surface area (Å²) < 4.78 is 0. The number of aryl methyl sites for hydroxylation is 3. The van der Waals surface area contributed by atoms with Gasteiger partial charge in [-0.25, -0.2) is 4.99 Å². The summed E-state index contributed by atoms with van der Waals surface area (Å²) in [4.78, 5) is 25.1. The van der Waals surface area contributed by atoms with Gasteiger partial charge in [0.25, 0.3) is 0 Å². The predicted octanol–water partition coefficient (Wildman–Crippen LogP) is 4.61. The number of carbonyl (C=O) groups is 1. The number of thioether (sulfide) groups is 1. The molecule has 5 nitrogen and oxygen atoms in total. The summed E-state index contributed by atoms with van der Waals surface area (Å²) >= 11 is 1.49. The van der Waals surface area contributed by atoms with Gasteiger partial charge in [0, 0.05) is 37.2 Å². The minimum absolute atomic E-state index is 0.0245. The average Bonchev–Trinajstić information content (AvgIpc) is 3.10. The molecule has 0 atom stereocenters. The Bertz CT molecular complexity index is 1030. The van der Waals surface area contributed by atoms with E-state index in [9.17, 15) is 4.79 Å². The van der Waals surface area contributed by atoms with Crippen LogP contribution in [0.25, 0.3) is 0 Å². The number of amides is 1. The largest absolute Gasteiger partial charge is 0.325 e. The van der Waals surface area contributed by atoms with Crippen molar-refractivity contribution < 1.29 is 4.79 Å². The van der Waals surface area contributed by atoms with E-state index in [2.05, 4.69) is 62.3 Å². The van der Waals surface area contributed by atoms with Crippen molar-refractivity contribution in [1.29, 1.82) is 0 Å². The van der Waals surface area contributed by atoms with Gasteiger partial charge in [0.2, 0.25) is 5.91 Å². The molecule has 2 heterocycles. The van der Waals surface area contributed by atoms with Crippen molar-refractivity contribution in [2.24, 2.45) is 9.98 Å². The van der Waals surface area contributed by atoms with Crippen molar-refractivity contribution in [3.63, 3.8) is 0 Å². The third-order valence-corrected chi connectivity index (χ3v) is 7.04. The van der Waals surface area contributed by atoms with Gasteiger partial charge in [-0.1, -0.05) is 47.7 Å². The fraction of sp³-hybridized carbons (Fsp3) is 0.400. The third-order valence-electron chi connectivity index (χ3n) is 6.08. The van der Waals surface area contributed by atoms with Gasteiger partial charge in [0.15, 0.2) is 5.66 Å². The van der Waals surface area contributed by atoms with E-state index in [0.717, 1.165) is 47.9 Å². The number of hydrogen-bond donors (Lipinski definition) is 1. The highest BCUT2D eigenvalue weighted by Crippen LogP contribution is 2.35. The molecule has 1 fully saturated rings. The van der Waals surface area contributed by atoms with Gasteiger partial charge in [0.1, 0.15) is 5.04 Å². The standard InChI is InChI=1S/C25H30N4OS/c1-17-5-8-20(9-6-17)23-24(28-25(27-23)11-13-29(4)14-12-25)31-16-22(30)26-21-10-7-18(2)19(3)15-21/h5-10,15H,11-14,16H2,1-4H3,(H,26,30). The van der Waals surface area contributed by atoms with Crippen LogP contribution in [0.15, 0.2) is 52.4 Å². The van der Waals surface area contributed by atoms with E-state index >= 15 is 0 Å². The van der Waals surface area contributed by atoms with E-state index in [0.29, 0.717) is 5.75 Å². The lowest BCUT2D eigenvalue weighted by Crippen LogP contribution is -2.39. The van der Waals surface area contributed by atoms with Crippen molar-refractivity contribution in [1.82, 2.24) is 4.90 Å². The number of nitrogens with one attached hydrogen (secondary N) is 1. The van der Waals surface area contributed by atoms with Crippen LogP contribution >= 0.6 is 11.8 Å². The molecule has 1 amide bonds. The van der Waals surface area contributed by atoms with Crippen LogP contribution in [0, 0.1) is 20.8 Å². The Morgan fingerprint density at radius 3 is 2.42 bits per heavy atom. The second-order valence-corrected chi connectivity index (χ2v) is 9.63. The molecule has 0 aromatic heterocycles. The van der Waals surface area contributed by atoms with Crippen LogP contribution in [0.2, 0.25) is 0 Å². The minimum Gasteiger partial charge on any atom is -0.325 e. The monoisotopic (exact) mass is 434 g/mol. The average molecular weight is 435 g/mol. The number of benzene rings is 2. The fourth-order valence-corrected chi connectivity index (χ4v) is 4.75. The van der Waals surface area contributed by atoms with Crippen LogP contribution in [0.3, 0.4) is 0 Å². The van der Waals surface area contributed by atoms with Crippen molar-refractivity contribution >= 4 is 34.1 Å². The summed E-state index contributed by atoms with van der Waals surface area (Å²) in [6, 6.07) is 14.4. The molecule has 1 spiro atoms. The maximum atomic E-state index is 12.6. The summed E-state index contributed by atoms with van der Waals surface area (Å²) in [6.07, 6.45) is 1.83. The lowest BCUT2D eigenvalue weighted by atomic mass is 9.99. The van der Waals surface area contributed by atoms with E-state index in [1.54, 1.807) is 0 Å². The van der Waals surface area contributed by atoms with Gasteiger partial charge in [-0.05, 0) is 51.1 Å². The van der Waals surface area contributed by atoms with Gasteiger partial charge < -0.3 is 10.2 Å². The Hall–Kier alpha value is -2.44. The summed E-state index contributed by atoms with van der Waals surface area (Å²) in [7, 11) is 2.14. The van der Waals surface area contributed by atoms with Crippen molar-refractivity contribution in [3.05, 3.63) is 64.7 Å². The van der Waals surface area contributed by atoms with Crippen LogP contribution in [0.4, 0.5) is 5.69 Å². The highest BCUT2D eigenvalue weighted by atomic mass is 32.2. The van der Waals surface area contributed by atoms with Crippen LogP contribution in [-0.4, -0.2) is 53.1 Å². The van der Waals surface area contributed by atoms with Crippen molar-refractivity contribution in [2.75, 3.05) is 31.2 Å². The Morgan fingerprint density at radius 2 is 1.74 bits per heavy atom. The van der Waals surface area contributed by atoms with Crippen molar-refractivity contribution in [3.8, 4) is 0 Å². The summed E-state index contributed by atoms with van der Waals surface area (Å²) in [6.45, 7) is 8.18. The highest BCUT2D eigenvalue weighted by molar-refractivity contribution is 8.16. The SMILES string of the molecule is Cc1ccc(C2=NC3(CCN(C)CC3)N=C2SCC(=O)Nc2ccc(C)c(C)c2)cc1.